The van der Waals surface area contributed by atoms with Crippen LogP contribution < -0.4 is 0 Å². The summed E-state index contributed by atoms with van der Waals surface area (Å²) in [6.07, 6.45) is 1.89. The lowest BCUT2D eigenvalue weighted by atomic mass is 10.3. The van der Waals surface area contributed by atoms with E-state index in [2.05, 4.69) is 17.1 Å². The van der Waals surface area contributed by atoms with Crippen LogP contribution in [0.1, 0.15) is 12.6 Å². The summed E-state index contributed by atoms with van der Waals surface area (Å²) in [5.41, 5.74) is 1.75. The molecule has 2 aromatic rings. The highest BCUT2D eigenvalue weighted by Crippen LogP contribution is 2.23. The Morgan fingerprint density at radius 2 is 2.23 bits per heavy atom. The third-order valence-corrected chi connectivity index (χ3v) is 2.34. The van der Waals surface area contributed by atoms with E-state index in [1.165, 1.54) is 0 Å². The van der Waals surface area contributed by atoms with Crippen molar-refractivity contribution >= 4 is 22.6 Å². The van der Waals surface area contributed by atoms with Crippen LogP contribution in [0.3, 0.4) is 0 Å². The molecule has 3 nitrogen and oxygen atoms in total. The molecular weight excluding hydrogens is 186 g/mol. The van der Waals surface area contributed by atoms with Gasteiger partial charge < -0.3 is 4.57 Å². The van der Waals surface area contributed by atoms with Crippen LogP contribution >= 0.6 is 11.6 Å². The third-order valence-electron chi connectivity index (χ3n) is 2.04. The first-order chi connectivity index (χ1) is 6.22. The average molecular weight is 196 g/mol. The van der Waals surface area contributed by atoms with Gasteiger partial charge in [-0.1, -0.05) is 11.6 Å². The highest BCUT2D eigenvalue weighted by molar-refractivity contribution is 6.35. The van der Waals surface area contributed by atoms with Crippen molar-refractivity contribution in [2.24, 2.45) is 0 Å². The molecule has 0 saturated carbocycles. The quantitative estimate of drug-likeness (QED) is 0.700. The summed E-state index contributed by atoms with van der Waals surface area (Å²) in [7, 11) is 0. The lowest BCUT2D eigenvalue weighted by Crippen LogP contribution is -1.95. The largest absolute Gasteiger partial charge is 0.330 e. The molecule has 2 heterocycles. The van der Waals surface area contributed by atoms with Crippen LogP contribution in [-0.4, -0.2) is 14.8 Å². The van der Waals surface area contributed by atoms with Gasteiger partial charge in [-0.2, -0.15) is 5.10 Å². The van der Waals surface area contributed by atoms with Crippen molar-refractivity contribution in [2.75, 3.05) is 0 Å². The minimum absolute atomic E-state index is 0.745. The normalized spacial score (nSPS) is 11.0. The molecule has 0 unspecified atom stereocenters. The summed E-state index contributed by atoms with van der Waals surface area (Å²) in [4.78, 5) is 0. The van der Waals surface area contributed by atoms with E-state index in [0.29, 0.717) is 0 Å². The topological polar surface area (TPSA) is 30.7 Å². The Morgan fingerprint density at radius 3 is 2.92 bits per heavy atom. The van der Waals surface area contributed by atoms with Gasteiger partial charge in [0.1, 0.15) is 0 Å². The molecule has 0 aliphatic heterocycles. The third kappa shape index (κ3) is 1.29. The van der Waals surface area contributed by atoms with Crippen LogP contribution in [0.25, 0.3) is 11.0 Å². The minimum Gasteiger partial charge on any atom is -0.330 e. The lowest BCUT2D eigenvalue weighted by molar-refractivity contribution is 0.777. The predicted octanol–water partition coefficient (Wildman–Crippen LogP) is 2.41. The van der Waals surface area contributed by atoms with Gasteiger partial charge in [0, 0.05) is 18.1 Å². The number of hydrogen-bond acceptors (Lipinski definition) is 2. The Hall–Kier alpha value is -1.09. The zero-order valence-electron chi connectivity index (χ0n) is 7.58. The molecule has 0 spiro atoms. The maximum atomic E-state index is 6.04. The first-order valence-electron chi connectivity index (χ1n) is 4.21. The highest BCUT2D eigenvalue weighted by Gasteiger charge is 2.07. The monoisotopic (exact) mass is 195 g/mol. The van der Waals surface area contributed by atoms with Gasteiger partial charge in [-0.15, -0.1) is 5.10 Å². The zero-order chi connectivity index (χ0) is 9.42. The maximum Gasteiger partial charge on any atom is 0.164 e. The summed E-state index contributed by atoms with van der Waals surface area (Å²) >= 11 is 6.04. The van der Waals surface area contributed by atoms with E-state index in [1.54, 1.807) is 0 Å². The molecule has 0 aliphatic carbocycles. The fourth-order valence-electron chi connectivity index (χ4n) is 1.38. The average Bonchev–Trinajstić information content (AvgIpc) is 2.43. The van der Waals surface area contributed by atoms with E-state index in [1.807, 2.05) is 23.8 Å². The van der Waals surface area contributed by atoms with Crippen LogP contribution in [0.15, 0.2) is 12.3 Å². The van der Waals surface area contributed by atoms with Crippen molar-refractivity contribution < 1.29 is 0 Å². The molecule has 2 rings (SSSR count). The molecular formula is C9H10ClN3. The van der Waals surface area contributed by atoms with Gasteiger partial charge in [0.25, 0.3) is 0 Å². The maximum absolute atomic E-state index is 6.04. The Morgan fingerprint density at radius 1 is 1.46 bits per heavy atom. The molecule has 2 aromatic heterocycles. The summed E-state index contributed by atoms with van der Waals surface area (Å²) in [5, 5.41) is 9.83. The molecule has 0 atom stereocenters. The van der Waals surface area contributed by atoms with Gasteiger partial charge in [0.05, 0.1) is 10.7 Å². The molecule has 68 valence electrons. The van der Waals surface area contributed by atoms with E-state index in [9.17, 15) is 0 Å². The Kier molecular flexibility index (Phi) is 1.96. The van der Waals surface area contributed by atoms with Crippen LogP contribution in [0.4, 0.5) is 0 Å². The molecule has 0 amide bonds. The van der Waals surface area contributed by atoms with E-state index >= 15 is 0 Å². The second-order valence-electron chi connectivity index (χ2n) is 2.99. The van der Waals surface area contributed by atoms with Crippen LogP contribution in [0.2, 0.25) is 5.02 Å². The Balaban J connectivity index is 2.80. The fraction of sp³-hybridized carbons (Fsp3) is 0.333. The van der Waals surface area contributed by atoms with Crippen molar-refractivity contribution in [1.29, 1.82) is 0 Å². The highest BCUT2D eigenvalue weighted by atomic mass is 35.5. The van der Waals surface area contributed by atoms with Crippen molar-refractivity contribution in [3.8, 4) is 0 Å². The van der Waals surface area contributed by atoms with Gasteiger partial charge in [-0.25, -0.2) is 0 Å². The SMILES string of the molecule is CCn1cc(Cl)c2cc(C)nnc21. The fourth-order valence-corrected chi connectivity index (χ4v) is 1.64. The smallest absolute Gasteiger partial charge is 0.164 e. The molecule has 0 aromatic carbocycles. The summed E-state index contributed by atoms with van der Waals surface area (Å²) in [5.74, 6) is 0. The van der Waals surface area contributed by atoms with Gasteiger partial charge in [-0.05, 0) is 19.9 Å². The Bertz CT molecular complexity index is 447. The first kappa shape index (κ1) is 8.51. The van der Waals surface area contributed by atoms with Crippen molar-refractivity contribution in [3.05, 3.63) is 23.0 Å². The number of halogens is 1. The number of aryl methyl sites for hydroxylation is 2. The molecule has 13 heavy (non-hydrogen) atoms. The van der Waals surface area contributed by atoms with Crippen LogP contribution in [-0.2, 0) is 6.54 Å². The van der Waals surface area contributed by atoms with E-state index < -0.39 is 0 Å². The number of nitrogens with zero attached hydrogens (tertiary/aromatic N) is 3. The minimum atomic E-state index is 0.745. The first-order valence-corrected chi connectivity index (χ1v) is 4.59. The van der Waals surface area contributed by atoms with Crippen LogP contribution in [0.5, 0.6) is 0 Å². The molecule has 0 N–H and O–H groups in total. The molecule has 0 saturated heterocycles. The van der Waals surface area contributed by atoms with Crippen LogP contribution in [0, 0.1) is 6.92 Å². The molecule has 0 aliphatic rings. The summed E-state index contributed by atoms with van der Waals surface area (Å²) in [6.45, 7) is 4.82. The molecule has 0 bridgehead atoms. The van der Waals surface area contributed by atoms with Gasteiger partial charge >= 0.3 is 0 Å². The van der Waals surface area contributed by atoms with Crippen molar-refractivity contribution in [3.63, 3.8) is 0 Å². The second kappa shape index (κ2) is 3.00. The van der Waals surface area contributed by atoms with E-state index in [0.717, 1.165) is 28.3 Å². The van der Waals surface area contributed by atoms with Gasteiger partial charge in [0.2, 0.25) is 0 Å². The lowest BCUT2D eigenvalue weighted by Gasteiger charge is -1.97. The molecule has 0 radical (unpaired) electrons. The van der Waals surface area contributed by atoms with Crippen molar-refractivity contribution in [2.45, 2.75) is 20.4 Å². The number of aromatic nitrogens is 3. The van der Waals surface area contributed by atoms with E-state index in [4.69, 9.17) is 11.6 Å². The Labute approximate surface area is 81.3 Å². The number of hydrogen-bond donors (Lipinski definition) is 0. The predicted molar refractivity (Wildman–Crippen MR) is 52.9 cm³/mol. The molecule has 0 fully saturated rings. The number of rotatable bonds is 1. The second-order valence-corrected chi connectivity index (χ2v) is 3.39. The number of fused-ring (bicyclic) bond motifs is 1. The summed E-state index contributed by atoms with van der Waals surface area (Å²) < 4.78 is 1.99. The van der Waals surface area contributed by atoms with Gasteiger partial charge in [0.15, 0.2) is 5.65 Å². The zero-order valence-corrected chi connectivity index (χ0v) is 8.34. The van der Waals surface area contributed by atoms with Gasteiger partial charge in [-0.3, -0.25) is 0 Å². The summed E-state index contributed by atoms with van der Waals surface area (Å²) in [6, 6.07) is 1.96. The standard InChI is InChI=1S/C9H10ClN3/c1-3-13-5-8(10)7-4-6(2)11-12-9(7)13/h4-5H,3H2,1-2H3. The van der Waals surface area contributed by atoms with Crippen molar-refractivity contribution in [1.82, 2.24) is 14.8 Å². The van der Waals surface area contributed by atoms with E-state index in [-0.39, 0.29) is 0 Å². The molecule has 4 heteroatoms.